The summed E-state index contributed by atoms with van der Waals surface area (Å²) in [5.74, 6) is 0.257. The van der Waals surface area contributed by atoms with Gasteiger partial charge in [0.2, 0.25) is 5.91 Å². The average molecular weight is 392 g/mol. The molecule has 0 spiro atoms. The van der Waals surface area contributed by atoms with Gasteiger partial charge in [-0.1, -0.05) is 12.1 Å². The van der Waals surface area contributed by atoms with Gasteiger partial charge in [-0.3, -0.25) is 9.36 Å². The van der Waals surface area contributed by atoms with Gasteiger partial charge in [0.25, 0.3) is 0 Å². The minimum Gasteiger partial charge on any atom is -0.408 e. The van der Waals surface area contributed by atoms with Crippen molar-refractivity contribution in [3.8, 4) is 0 Å². The molecule has 1 fully saturated rings. The molecule has 1 unspecified atom stereocenters. The third-order valence-corrected chi connectivity index (χ3v) is 5.42. The molecule has 0 saturated carbocycles. The molecule has 0 N–H and O–H groups in total. The van der Waals surface area contributed by atoms with E-state index in [1.54, 1.807) is 40.7 Å². The molecule has 1 amide bonds. The first-order valence-corrected chi connectivity index (χ1v) is 9.56. The summed E-state index contributed by atoms with van der Waals surface area (Å²) in [4.78, 5) is 33.5. The van der Waals surface area contributed by atoms with Crippen molar-refractivity contribution >= 4 is 28.5 Å². The number of para-hydroxylation sites is 2. The van der Waals surface area contributed by atoms with Gasteiger partial charge in [0, 0.05) is 38.6 Å². The number of amides is 1. The van der Waals surface area contributed by atoms with E-state index in [9.17, 15) is 9.59 Å². The van der Waals surface area contributed by atoms with E-state index < -0.39 is 11.8 Å². The lowest BCUT2D eigenvalue weighted by atomic mass is 10.2. The second-order valence-electron chi connectivity index (χ2n) is 7.12. The Morgan fingerprint density at radius 3 is 2.72 bits per heavy atom. The van der Waals surface area contributed by atoms with E-state index in [0.29, 0.717) is 37.3 Å². The van der Waals surface area contributed by atoms with Crippen LogP contribution < -0.4 is 10.7 Å². The first-order valence-electron chi connectivity index (χ1n) is 9.56. The smallest absolute Gasteiger partial charge is 0.408 e. The topological polar surface area (TPSA) is 88.9 Å². The van der Waals surface area contributed by atoms with E-state index in [4.69, 9.17) is 4.42 Å². The van der Waals surface area contributed by atoms with Gasteiger partial charge in [-0.25, -0.2) is 14.3 Å². The van der Waals surface area contributed by atoms with Crippen LogP contribution in [0.3, 0.4) is 0 Å². The third-order valence-electron chi connectivity index (χ3n) is 5.42. The molecule has 4 aromatic rings. The van der Waals surface area contributed by atoms with Gasteiger partial charge < -0.3 is 14.2 Å². The highest BCUT2D eigenvalue weighted by molar-refractivity contribution is 5.83. The molecule has 4 heterocycles. The monoisotopic (exact) mass is 392 g/mol. The molecule has 29 heavy (non-hydrogen) atoms. The zero-order valence-electron chi connectivity index (χ0n) is 15.9. The van der Waals surface area contributed by atoms with Crippen molar-refractivity contribution in [2.24, 2.45) is 0 Å². The van der Waals surface area contributed by atoms with Crippen molar-refractivity contribution in [3.05, 3.63) is 59.3 Å². The second kappa shape index (κ2) is 6.77. The number of rotatable bonds is 3. The van der Waals surface area contributed by atoms with Crippen molar-refractivity contribution < 1.29 is 9.21 Å². The highest BCUT2D eigenvalue weighted by Gasteiger charge is 2.28. The van der Waals surface area contributed by atoms with Crippen LogP contribution in [-0.2, 0) is 4.79 Å². The number of hydrogen-bond donors (Lipinski definition) is 0. The highest BCUT2D eigenvalue weighted by atomic mass is 16.4. The Labute approximate surface area is 165 Å². The van der Waals surface area contributed by atoms with Crippen molar-refractivity contribution in [2.75, 3.05) is 31.1 Å². The third kappa shape index (κ3) is 2.95. The number of hydrogen-bond acceptors (Lipinski definition) is 6. The van der Waals surface area contributed by atoms with Gasteiger partial charge in [0.05, 0.1) is 5.52 Å². The number of anilines is 1. The molecule has 0 aliphatic carbocycles. The Hall–Kier alpha value is -3.62. The van der Waals surface area contributed by atoms with Gasteiger partial charge in [-0.15, -0.1) is 5.10 Å². The van der Waals surface area contributed by atoms with E-state index in [-0.39, 0.29) is 5.91 Å². The molecule has 0 radical (unpaired) electrons. The number of benzene rings is 1. The number of fused-ring (bicyclic) bond motifs is 2. The van der Waals surface area contributed by atoms with Crippen LogP contribution in [0.15, 0.2) is 58.0 Å². The summed E-state index contributed by atoms with van der Waals surface area (Å²) in [7, 11) is 0. The zero-order chi connectivity index (χ0) is 20.0. The van der Waals surface area contributed by atoms with Crippen LogP contribution in [0, 0.1) is 0 Å². The van der Waals surface area contributed by atoms with Crippen molar-refractivity contribution in [2.45, 2.75) is 13.0 Å². The Morgan fingerprint density at radius 1 is 1.10 bits per heavy atom. The second-order valence-corrected chi connectivity index (χ2v) is 7.12. The number of nitrogens with zero attached hydrogens (tertiary/aromatic N) is 6. The molecule has 0 bridgehead atoms. The van der Waals surface area contributed by atoms with E-state index in [1.807, 2.05) is 24.4 Å². The van der Waals surface area contributed by atoms with E-state index in [2.05, 4.69) is 15.0 Å². The molecule has 1 saturated heterocycles. The number of aromatic nitrogens is 4. The molecular weight excluding hydrogens is 372 g/mol. The number of oxazole rings is 1. The Bertz CT molecular complexity index is 1250. The maximum atomic E-state index is 13.1. The Kier molecular flexibility index (Phi) is 4.08. The summed E-state index contributed by atoms with van der Waals surface area (Å²) < 4.78 is 8.44. The molecule has 5 rings (SSSR count). The summed E-state index contributed by atoms with van der Waals surface area (Å²) in [6, 6.07) is 10.4. The molecule has 9 heteroatoms. The summed E-state index contributed by atoms with van der Waals surface area (Å²) in [5.41, 5.74) is 1.92. The molecule has 3 aromatic heterocycles. The Balaban J connectivity index is 1.31. The highest BCUT2D eigenvalue weighted by Crippen LogP contribution is 2.20. The van der Waals surface area contributed by atoms with Crippen LogP contribution in [0.2, 0.25) is 0 Å². The molecular formula is C20H20N6O3. The maximum absolute atomic E-state index is 13.1. The molecule has 1 aliphatic rings. The fraction of sp³-hybridized carbons (Fsp3) is 0.300. The lowest BCUT2D eigenvalue weighted by molar-refractivity contribution is -0.134. The standard InChI is InChI=1S/C20H20N6O3/c1-14(26-15-4-2-3-5-16(15)29-20(26)28)19(27)24-12-10-23(11-13-24)18-7-6-17-21-8-9-25(17)22-18/h2-9,14H,10-13H2,1H3. The normalized spacial score (nSPS) is 15.9. The fourth-order valence-electron chi connectivity index (χ4n) is 3.86. The number of carbonyl (C=O) groups is 1. The number of piperazine rings is 1. The molecule has 9 nitrogen and oxygen atoms in total. The fourth-order valence-corrected chi connectivity index (χ4v) is 3.86. The molecule has 148 valence electrons. The lowest BCUT2D eigenvalue weighted by Gasteiger charge is -2.36. The first-order chi connectivity index (χ1) is 14.1. The van der Waals surface area contributed by atoms with Gasteiger partial charge in [-0.05, 0) is 31.2 Å². The van der Waals surface area contributed by atoms with Gasteiger partial charge in [0.1, 0.15) is 11.9 Å². The predicted octanol–water partition coefficient (Wildman–Crippen LogP) is 1.55. The van der Waals surface area contributed by atoms with Crippen LogP contribution in [0.5, 0.6) is 0 Å². The SMILES string of the molecule is CC(C(=O)N1CCN(c2ccc3nccn3n2)CC1)n1c(=O)oc2ccccc21. The molecule has 1 aromatic carbocycles. The quantitative estimate of drug-likeness (QED) is 0.526. The van der Waals surface area contributed by atoms with Crippen LogP contribution in [-0.4, -0.2) is 56.2 Å². The van der Waals surface area contributed by atoms with Crippen LogP contribution >= 0.6 is 0 Å². The van der Waals surface area contributed by atoms with Crippen LogP contribution in [0.25, 0.3) is 16.7 Å². The molecule has 1 atom stereocenters. The minimum atomic E-state index is -0.627. The number of carbonyl (C=O) groups excluding carboxylic acids is 1. The van der Waals surface area contributed by atoms with E-state index in [0.717, 1.165) is 11.5 Å². The minimum absolute atomic E-state index is 0.0867. The first kappa shape index (κ1) is 17.5. The van der Waals surface area contributed by atoms with Crippen molar-refractivity contribution in [1.82, 2.24) is 24.1 Å². The largest absolute Gasteiger partial charge is 0.420 e. The number of imidazole rings is 1. The van der Waals surface area contributed by atoms with Crippen LogP contribution in [0.4, 0.5) is 5.82 Å². The van der Waals surface area contributed by atoms with Crippen molar-refractivity contribution in [3.63, 3.8) is 0 Å². The predicted molar refractivity (Wildman–Crippen MR) is 107 cm³/mol. The lowest BCUT2D eigenvalue weighted by Crippen LogP contribution is -2.51. The Morgan fingerprint density at radius 2 is 1.90 bits per heavy atom. The summed E-state index contributed by atoms with van der Waals surface area (Å²) in [5, 5.41) is 4.57. The van der Waals surface area contributed by atoms with Gasteiger partial charge in [-0.2, -0.15) is 0 Å². The van der Waals surface area contributed by atoms with E-state index in [1.165, 1.54) is 4.57 Å². The zero-order valence-corrected chi connectivity index (χ0v) is 15.9. The maximum Gasteiger partial charge on any atom is 0.420 e. The van der Waals surface area contributed by atoms with Crippen molar-refractivity contribution in [1.29, 1.82) is 0 Å². The van der Waals surface area contributed by atoms with Crippen LogP contribution in [0.1, 0.15) is 13.0 Å². The van der Waals surface area contributed by atoms with E-state index >= 15 is 0 Å². The van der Waals surface area contributed by atoms with Gasteiger partial charge >= 0.3 is 5.76 Å². The summed E-state index contributed by atoms with van der Waals surface area (Å²) in [6.07, 6.45) is 3.53. The average Bonchev–Trinajstić information content (AvgIpc) is 3.35. The summed E-state index contributed by atoms with van der Waals surface area (Å²) >= 11 is 0. The van der Waals surface area contributed by atoms with Gasteiger partial charge in [0.15, 0.2) is 11.2 Å². The summed E-state index contributed by atoms with van der Waals surface area (Å²) in [6.45, 7) is 4.22. The molecule has 1 aliphatic heterocycles.